The van der Waals surface area contributed by atoms with Gasteiger partial charge in [-0.3, -0.25) is 9.69 Å². The monoisotopic (exact) mass is 366 g/mol. The van der Waals surface area contributed by atoms with Crippen molar-refractivity contribution in [3.8, 4) is 5.75 Å². The number of hydrogen-bond donors (Lipinski definition) is 1. The Morgan fingerprint density at radius 3 is 2.78 bits per heavy atom. The van der Waals surface area contributed by atoms with Crippen LogP contribution in [-0.2, 0) is 13.0 Å². The molecule has 142 valence electrons. The second kappa shape index (κ2) is 7.71. The van der Waals surface area contributed by atoms with Crippen molar-refractivity contribution in [2.75, 3.05) is 32.8 Å². The summed E-state index contributed by atoms with van der Waals surface area (Å²) in [7, 11) is 0. The van der Waals surface area contributed by atoms with Gasteiger partial charge in [-0.1, -0.05) is 30.3 Å². The maximum Gasteiger partial charge on any atom is 0.257 e. The van der Waals surface area contributed by atoms with Crippen LogP contribution < -0.4 is 4.74 Å². The Morgan fingerprint density at radius 1 is 1.11 bits per heavy atom. The highest BCUT2D eigenvalue weighted by Gasteiger charge is 2.26. The van der Waals surface area contributed by atoms with Crippen LogP contribution in [0.4, 0.5) is 0 Å². The molecule has 5 heteroatoms. The Labute approximate surface area is 160 Å². The molecule has 0 radical (unpaired) electrons. The van der Waals surface area contributed by atoms with Crippen molar-refractivity contribution in [2.24, 2.45) is 0 Å². The van der Waals surface area contributed by atoms with Crippen LogP contribution in [0.5, 0.6) is 5.75 Å². The summed E-state index contributed by atoms with van der Waals surface area (Å²) in [6, 6.07) is 14.1. The maximum absolute atomic E-state index is 12.9. The molecule has 2 heterocycles. The van der Waals surface area contributed by atoms with Crippen LogP contribution in [0.3, 0.4) is 0 Å². The number of β-amino-alcohol motifs (C(OH)–C–C–N with tert-alkyl or cyclic N) is 1. The van der Waals surface area contributed by atoms with Crippen LogP contribution in [0.2, 0.25) is 0 Å². The van der Waals surface area contributed by atoms with E-state index in [2.05, 4.69) is 29.2 Å². The average Bonchev–Trinajstić information content (AvgIpc) is 2.80. The molecule has 0 aliphatic carbocycles. The molecule has 0 bridgehead atoms. The minimum absolute atomic E-state index is 0.0643. The number of amides is 1. The fourth-order valence-electron chi connectivity index (χ4n) is 3.96. The van der Waals surface area contributed by atoms with E-state index in [4.69, 9.17) is 4.74 Å². The van der Waals surface area contributed by atoms with Gasteiger partial charge in [0.25, 0.3) is 5.91 Å². The molecule has 2 aromatic carbocycles. The Hall–Kier alpha value is -2.37. The van der Waals surface area contributed by atoms with E-state index >= 15 is 0 Å². The van der Waals surface area contributed by atoms with Crippen molar-refractivity contribution >= 4 is 5.91 Å². The third kappa shape index (κ3) is 3.99. The Morgan fingerprint density at radius 2 is 1.93 bits per heavy atom. The van der Waals surface area contributed by atoms with Gasteiger partial charge in [-0.25, -0.2) is 0 Å². The molecule has 0 aromatic heterocycles. The summed E-state index contributed by atoms with van der Waals surface area (Å²) < 4.78 is 5.75. The zero-order valence-corrected chi connectivity index (χ0v) is 15.7. The molecule has 2 aliphatic heterocycles. The molecule has 4 rings (SSSR count). The van der Waals surface area contributed by atoms with Crippen molar-refractivity contribution in [3.05, 3.63) is 64.7 Å². The normalized spacial score (nSPS) is 18.3. The molecule has 0 spiro atoms. The van der Waals surface area contributed by atoms with Crippen LogP contribution in [-0.4, -0.2) is 59.7 Å². The Kier molecular flexibility index (Phi) is 5.14. The zero-order valence-electron chi connectivity index (χ0n) is 15.7. The third-order valence-corrected chi connectivity index (χ3v) is 5.38. The fourth-order valence-corrected chi connectivity index (χ4v) is 3.96. The molecule has 1 N–H and O–H groups in total. The number of fused-ring (bicyclic) bond motifs is 2. The minimum atomic E-state index is -0.578. The summed E-state index contributed by atoms with van der Waals surface area (Å²) in [6.45, 7) is 5.61. The second-order valence-corrected chi connectivity index (χ2v) is 7.51. The van der Waals surface area contributed by atoms with E-state index in [1.54, 1.807) is 4.90 Å². The van der Waals surface area contributed by atoms with Gasteiger partial charge in [-0.2, -0.15) is 0 Å². The molecular formula is C22H26N2O3. The van der Waals surface area contributed by atoms with Gasteiger partial charge >= 0.3 is 0 Å². The number of aryl methyl sites for hydroxylation is 1. The number of aliphatic hydroxyl groups is 1. The first-order chi connectivity index (χ1) is 13.1. The number of rotatable bonds is 4. The lowest BCUT2D eigenvalue weighted by Gasteiger charge is -2.32. The molecule has 0 saturated heterocycles. The van der Waals surface area contributed by atoms with Crippen molar-refractivity contribution in [1.29, 1.82) is 0 Å². The van der Waals surface area contributed by atoms with Crippen molar-refractivity contribution < 1.29 is 14.6 Å². The van der Waals surface area contributed by atoms with Crippen molar-refractivity contribution in [2.45, 2.75) is 26.0 Å². The summed E-state index contributed by atoms with van der Waals surface area (Å²) in [5.41, 5.74) is 4.38. The van der Waals surface area contributed by atoms with E-state index in [-0.39, 0.29) is 5.91 Å². The molecule has 0 saturated carbocycles. The van der Waals surface area contributed by atoms with Gasteiger partial charge in [0.05, 0.1) is 18.2 Å². The Bertz CT molecular complexity index is 836. The third-order valence-electron chi connectivity index (χ3n) is 5.38. The second-order valence-electron chi connectivity index (χ2n) is 7.51. The largest absolute Gasteiger partial charge is 0.491 e. The molecule has 1 atom stereocenters. The summed E-state index contributed by atoms with van der Waals surface area (Å²) in [6.07, 6.45) is 0.428. The molecular weight excluding hydrogens is 340 g/mol. The van der Waals surface area contributed by atoms with Crippen LogP contribution >= 0.6 is 0 Å². The maximum atomic E-state index is 12.9. The van der Waals surface area contributed by atoms with E-state index in [0.717, 1.165) is 25.1 Å². The van der Waals surface area contributed by atoms with E-state index in [1.165, 1.54) is 11.1 Å². The van der Waals surface area contributed by atoms with Gasteiger partial charge in [-0.05, 0) is 42.2 Å². The van der Waals surface area contributed by atoms with E-state index < -0.39 is 6.10 Å². The summed E-state index contributed by atoms with van der Waals surface area (Å²) in [4.78, 5) is 16.8. The first-order valence-electron chi connectivity index (χ1n) is 9.60. The first kappa shape index (κ1) is 18.0. The van der Waals surface area contributed by atoms with Crippen molar-refractivity contribution in [3.63, 3.8) is 0 Å². The highest BCUT2D eigenvalue weighted by atomic mass is 16.5. The highest BCUT2D eigenvalue weighted by molar-refractivity contribution is 5.97. The number of nitrogens with zero attached hydrogens (tertiary/aromatic N) is 2. The van der Waals surface area contributed by atoms with Gasteiger partial charge in [0.1, 0.15) is 12.4 Å². The topological polar surface area (TPSA) is 53.0 Å². The molecule has 5 nitrogen and oxygen atoms in total. The minimum Gasteiger partial charge on any atom is -0.491 e. The first-order valence-corrected chi connectivity index (χ1v) is 9.60. The van der Waals surface area contributed by atoms with E-state index in [9.17, 15) is 9.90 Å². The standard InChI is InChI=1S/C22H26N2O3/c1-16-6-7-20-21(12-16)27-11-10-24(22(20)26)15-19(25)14-23-9-8-17-4-2-3-5-18(17)13-23/h2-7,12,19,25H,8-11,13-15H2,1H3. The lowest BCUT2D eigenvalue weighted by atomic mass is 10.00. The molecule has 2 aliphatic rings. The molecule has 0 fully saturated rings. The average molecular weight is 366 g/mol. The number of hydrogen-bond acceptors (Lipinski definition) is 4. The SMILES string of the molecule is Cc1ccc2c(c1)OCCN(CC(O)CN1CCc3ccccc3C1)C2=O. The highest BCUT2D eigenvalue weighted by Crippen LogP contribution is 2.25. The predicted octanol–water partition coefficient (Wildman–Crippen LogP) is 2.25. The number of carbonyl (C=O) groups is 1. The number of benzene rings is 2. The van der Waals surface area contributed by atoms with Crippen LogP contribution in [0.1, 0.15) is 27.0 Å². The molecule has 27 heavy (non-hydrogen) atoms. The van der Waals surface area contributed by atoms with Gasteiger partial charge in [0.15, 0.2) is 0 Å². The van der Waals surface area contributed by atoms with Crippen LogP contribution in [0.25, 0.3) is 0 Å². The smallest absolute Gasteiger partial charge is 0.257 e. The van der Waals surface area contributed by atoms with Gasteiger partial charge < -0.3 is 14.7 Å². The fraction of sp³-hybridized carbons (Fsp3) is 0.409. The van der Waals surface area contributed by atoms with Crippen LogP contribution in [0.15, 0.2) is 42.5 Å². The lowest BCUT2D eigenvalue weighted by Crippen LogP contribution is -2.44. The molecule has 1 unspecified atom stereocenters. The summed E-state index contributed by atoms with van der Waals surface area (Å²) in [5.74, 6) is 0.579. The van der Waals surface area contributed by atoms with Gasteiger partial charge in [0, 0.05) is 26.2 Å². The lowest BCUT2D eigenvalue weighted by molar-refractivity contribution is 0.0501. The van der Waals surface area contributed by atoms with Gasteiger partial charge in [0.2, 0.25) is 0 Å². The number of ether oxygens (including phenoxy) is 1. The molecule has 1 amide bonds. The predicted molar refractivity (Wildman–Crippen MR) is 104 cm³/mol. The van der Waals surface area contributed by atoms with E-state index in [1.807, 2.05) is 25.1 Å². The quantitative estimate of drug-likeness (QED) is 0.902. The number of aliphatic hydroxyl groups excluding tert-OH is 1. The zero-order chi connectivity index (χ0) is 18.8. The van der Waals surface area contributed by atoms with Crippen LogP contribution in [0, 0.1) is 6.92 Å². The number of carbonyl (C=O) groups excluding carboxylic acids is 1. The van der Waals surface area contributed by atoms with Gasteiger partial charge in [-0.15, -0.1) is 0 Å². The Balaban J connectivity index is 1.39. The molecule has 2 aromatic rings. The van der Waals surface area contributed by atoms with E-state index in [0.29, 0.717) is 37.6 Å². The summed E-state index contributed by atoms with van der Waals surface area (Å²) >= 11 is 0. The summed E-state index contributed by atoms with van der Waals surface area (Å²) in [5, 5.41) is 10.6. The van der Waals surface area contributed by atoms with Crippen molar-refractivity contribution in [1.82, 2.24) is 9.80 Å².